The fourth-order valence-electron chi connectivity index (χ4n) is 3.94. The molecule has 0 aromatic heterocycles. The summed E-state index contributed by atoms with van der Waals surface area (Å²) in [4.78, 5) is 12.1. The standard InChI is InChI=1S/C23H30N2O4S/c1-3-9-23(26)29-22-14-7-6-12-19(22)18-11-5-4-10-17(18)16-21-20(13-8-15-24-21)25-30(2,27)28/h4-7,10-12,14,20-21,24-25H,3,8-9,13,15-16H2,1-2H3. The van der Waals surface area contributed by atoms with Crippen molar-refractivity contribution >= 4 is 16.0 Å². The van der Waals surface area contributed by atoms with E-state index in [1.54, 1.807) is 0 Å². The molecule has 2 unspecified atom stereocenters. The van der Waals surface area contributed by atoms with E-state index in [1.165, 1.54) is 6.26 Å². The summed E-state index contributed by atoms with van der Waals surface area (Å²) in [5.74, 6) is 0.305. The van der Waals surface area contributed by atoms with Gasteiger partial charge in [0.2, 0.25) is 10.0 Å². The van der Waals surface area contributed by atoms with Crippen LogP contribution in [0.25, 0.3) is 11.1 Å². The van der Waals surface area contributed by atoms with Crippen molar-refractivity contribution in [1.29, 1.82) is 0 Å². The highest BCUT2D eigenvalue weighted by Gasteiger charge is 2.28. The average molecular weight is 431 g/mol. The highest BCUT2D eigenvalue weighted by molar-refractivity contribution is 7.88. The van der Waals surface area contributed by atoms with E-state index in [-0.39, 0.29) is 18.1 Å². The Bertz CT molecular complexity index is 975. The molecule has 0 aliphatic carbocycles. The van der Waals surface area contributed by atoms with Crippen LogP contribution in [0.5, 0.6) is 5.75 Å². The zero-order valence-electron chi connectivity index (χ0n) is 17.6. The van der Waals surface area contributed by atoms with Gasteiger partial charge in [0, 0.05) is 24.1 Å². The first kappa shape index (κ1) is 22.5. The zero-order valence-corrected chi connectivity index (χ0v) is 18.4. The summed E-state index contributed by atoms with van der Waals surface area (Å²) in [5.41, 5.74) is 2.93. The van der Waals surface area contributed by atoms with Gasteiger partial charge in [0.1, 0.15) is 5.75 Å². The molecule has 3 rings (SSSR count). The molecule has 0 amide bonds. The predicted octanol–water partition coefficient (Wildman–Crippen LogP) is 3.27. The van der Waals surface area contributed by atoms with Gasteiger partial charge in [0.15, 0.2) is 0 Å². The Balaban J connectivity index is 1.89. The molecular weight excluding hydrogens is 400 g/mol. The summed E-state index contributed by atoms with van der Waals surface area (Å²) in [6, 6.07) is 15.4. The lowest BCUT2D eigenvalue weighted by Gasteiger charge is -2.33. The van der Waals surface area contributed by atoms with E-state index >= 15 is 0 Å². The van der Waals surface area contributed by atoms with Crippen LogP contribution in [0.2, 0.25) is 0 Å². The molecule has 2 atom stereocenters. The predicted molar refractivity (Wildman–Crippen MR) is 119 cm³/mol. The van der Waals surface area contributed by atoms with E-state index in [1.807, 2.05) is 55.5 Å². The Morgan fingerprint density at radius 2 is 1.83 bits per heavy atom. The molecule has 30 heavy (non-hydrogen) atoms. The van der Waals surface area contributed by atoms with Crippen molar-refractivity contribution in [3.8, 4) is 16.9 Å². The molecule has 0 spiro atoms. The third kappa shape index (κ3) is 6.14. The van der Waals surface area contributed by atoms with Crippen molar-refractivity contribution in [3.63, 3.8) is 0 Å². The number of hydrogen-bond acceptors (Lipinski definition) is 5. The number of ether oxygens (including phenoxy) is 1. The Kier molecular flexibility index (Phi) is 7.64. The van der Waals surface area contributed by atoms with Crippen molar-refractivity contribution in [2.75, 3.05) is 12.8 Å². The van der Waals surface area contributed by atoms with Crippen LogP contribution in [0.3, 0.4) is 0 Å². The fourth-order valence-corrected chi connectivity index (χ4v) is 4.77. The number of carbonyl (C=O) groups excluding carboxylic acids is 1. The van der Waals surface area contributed by atoms with E-state index in [2.05, 4.69) is 10.0 Å². The van der Waals surface area contributed by atoms with Gasteiger partial charge in [0.25, 0.3) is 0 Å². The van der Waals surface area contributed by atoms with E-state index < -0.39 is 10.0 Å². The lowest BCUT2D eigenvalue weighted by Crippen LogP contribution is -2.54. The van der Waals surface area contributed by atoms with Crippen LogP contribution in [0.15, 0.2) is 48.5 Å². The van der Waals surface area contributed by atoms with Gasteiger partial charge in [-0.05, 0) is 49.4 Å². The maximum Gasteiger partial charge on any atom is 0.311 e. The summed E-state index contributed by atoms with van der Waals surface area (Å²) >= 11 is 0. The van der Waals surface area contributed by atoms with Crippen molar-refractivity contribution < 1.29 is 17.9 Å². The Labute approximate surface area is 179 Å². The smallest absolute Gasteiger partial charge is 0.311 e. The highest BCUT2D eigenvalue weighted by atomic mass is 32.2. The van der Waals surface area contributed by atoms with Crippen molar-refractivity contribution in [2.45, 2.75) is 51.1 Å². The average Bonchev–Trinajstić information content (AvgIpc) is 2.70. The minimum absolute atomic E-state index is 0.00979. The zero-order chi connectivity index (χ0) is 21.6. The minimum atomic E-state index is -3.28. The summed E-state index contributed by atoms with van der Waals surface area (Å²) in [5, 5.41) is 3.47. The SMILES string of the molecule is CCCC(=O)Oc1ccccc1-c1ccccc1CC1NCCCC1NS(C)(=O)=O. The number of esters is 1. The highest BCUT2D eigenvalue weighted by Crippen LogP contribution is 2.33. The molecule has 0 bridgehead atoms. The third-order valence-electron chi connectivity index (χ3n) is 5.26. The van der Waals surface area contributed by atoms with E-state index in [0.29, 0.717) is 18.6 Å². The van der Waals surface area contributed by atoms with Gasteiger partial charge in [-0.3, -0.25) is 4.79 Å². The number of piperidine rings is 1. The van der Waals surface area contributed by atoms with Crippen LogP contribution >= 0.6 is 0 Å². The molecule has 2 aromatic carbocycles. The van der Waals surface area contributed by atoms with Gasteiger partial charge in [0.05, 0.1) is 6.26 Å². The Hall–Kier alpha value is -2.22. The van der Waals surface area contributed by atoms with Crippen LogP contribution in [0.1, 0.15) is 38.2 Å². The van der Waals surface area contributed by atoms with Gasteiger partial charge in [-0.2, -0.15) is 0 Å². The quantitative estimate of drug-likeness (QED) is 0.496. The van der Waals surface area contributed by atoms with E-state index in [9.17, 15) is 13.2 Å². The molecule has 1 saturated heterocycles. The van der Waals surface area contributed by atoms with Crippen LogP contribution in [0.4, 0.5) is 0 Å². The van der Waals surface area contributed by atoms with Gasteiger partial charge in [-0.1, -0.05) is 49.4 Å². The second-order valence-corrected chi connectivity index (χ2v) is 9.56. The lowest BCUT2D eigenvalue weighted by molar-refractivity contribution is -0.134. The fraction of sp³-hybridized carbons (Fsp3) is 0.435. The van der Waals surface area contributed by atoms with Gasteiger partial charge in [-0.15, -0.1) is 0 Å². The molecule has 2 N–H and O–H groups in total. The molecule has 0 radical (unpaired) electrons. The van der Waals surface area contributed by atoms with Crippen LogP contribution in [-0.2, 0) is 21.2 Å². The normalized spacial score (nSPS) is 19.4. The first-order valence-corrected chi connectivity index (χ1v) is 12.3. The van der Waals surface area contributed by atoms with Gasteiger partial charge in [-0.25, -0.2) is 13.1 Å². The number of sulfonamides is 1. The maximum atomic E-state index is 12.1. The monoisotopic (exact) mass is 430 g/mol. The number of benzene rings is 2. The van der Waals surface area contributed by atoms with Crippen molar-refractivity contribution in [1.82, 2.24) is 10.0 Å². The van der Waals surface area contributed by atoms with Crippen molar-refractivity contribution in [2.24, 2.45) is 0 Å². The molecule has 1 fully saturated rings. The largest absolute Gasteiger partial charge is 0.426 e. The molecular formula is C23H30N2O4S. The van der Waals surface area contributed by atoms with Crippen LogP contribution < -0.4 is 14.8 Å². The molecule has 0 saturated carbocycles. The van der Waals surface area contributed by atoms with Crippen molar-refractivity contribution in [3.05, 3.63) is 54.1 Å². The van der Waals surface area contributed by atoms with Crippen LogP contribution in [-0.4, -0.2) is 39.3 Å². The Morgan fingerprint density at radius 1 is 1.13 bits per heavy atom. The topological polar surface area (TPSA) is 84.5 Å². The molecule has 7 heteroatoms. The number of carbonyl (C=O) groups is 1. The molecule has 1 heterocycles. The summed E-state index contributed by atoms with van der Waals surface area (Å²) in [6.07, 6.45) is 4.72. The summed E-state index contributed by atoms with van der Waals surface area (Å²) in [7, 11) is -3.28. The Morgan fingerprint density at radius 3 is 2.57 bits per heavy atom. The van der Waals surface area contributed by atoms with Gasteiger partial charge < -0.3 is 10.1 Å². The molecule has 162 valence electrons. The number of rotatable bonds is 8. The first-order chi connectivity index (χ1) is 14.4. The first-order valence-electron chi connectivity index (χ1n) is 10.5. The van der Waals surface area contributed by atoms with E-state index in [0.717, 1.165) is 42.5 Å². The summed E-state index contributed by atoms with van der Waals surface area (Å²) < 4.78 is 32.0. The molecule has 1 aliphatic heterocycles. The molecule has 1 aliphatic rings. The second kappa shape index (κ2) is 10.2. The van der Waals surface area contributed by atoms with Gasteiger partial charge >= 0.3 is 5.97 Å². The number of para-hydroxylation sites is 1. The third-order valence-corrected chi connectivity index (χ3v) is 5.99. The number of hydrogen-bond donors (Lipinski definition) is 2. The minimum Gasteiger partial charge on any atom is -0.426 e. The van der Waals surface area contributed by atoms with E-state index in [4.69, 9.17) is 4.74 Å². The summed E-state index contributed by atoms with van der Waals surface area (Å²) in [6.45, 7) is 2.81. The van der Waals surface area contributed by atoms with Crippen LogP contribution in [0, 0.1) is 0 Å². The lowest BCUT2D eigenvalue weighted by atomic mass is 9.89. The number of nitrogens with one attached hydrogen (secondary N) is 2. The second-order valence-electron chi connectivity index (χ2n) is 7.78. The molecule has 6 nitrogen and oxygen atoms in total. The molecule has 2 aromatic rings. The maximum absolute atomic E-state index is 12.1.